The van der Waals surface area contributed by atoms with Crippen LogP contribution in [0.3, 0.4) is 0 Å². The summed E-state index contributed by atoms with van der Waals surface area (Å²) in [6.07, 6.45) is -2.07. The van der Waals surface area contributed by atoms with Crippen LogP contribution in [0.5, 0.6) is 0 Å². The highest BCUT2D eigenvalue weighted by atomic mass is 19.4. The summed E-state index contributed by atoms with van der Waals surface area (Å²) in [6, 6.07) is 15.5. The topological polar surface area (TPSA) is 17.3 Å². The van der Waals surface area contributed by atoms with E-state index in [1.807, 2.05) is 37.4 Å². The fraction of sp³-hybridized carbons (Fsp3) is 0.150. The molecule has 0 saturated heterocycles. The second-order valence-corrected chi connectivity index (χ2v) is 6.15. The molecule has 2 nitrogen and oxygen atoms in total. The van der Waals surface area contributed by atoms with Gasteiger partial charge in [0, 0.05) is 18.0 Å². The lowest BCUT2D eigenvalue weighted by Crippen LogP contribution is -2.06. The molecule has 4 rings (SSSR count). The largest absolute Gasteiger partial charge is 0.416 e. The Labute approximate surface area is 142 Å². The molecule has 2 heterocycles. The van der Waals surface area contributed by atoms with E-state index in [-0.39, 0.29) is 0 Å². The van der Waals surface area contributed by atoms with Crippen molar-refractivity contribution >= 4 is 16.4 Å². The van der Waals surface area contributed by atoms with Crippen molar-refractivity contribution in [2.75, 3.05) is 0 Å². The number of hydrogen-bond acceptors (Lipinski definition) is 1. The molecule has 4 aromatic rings. The Hall–Kier alpha value is -2.82. The minimum atomic E-state index is -4.33. The van der Waals surface area contributed by atoms with Gasteiger partial charge in [-0.25, -0.2) is 0 Å². The predicted octanol–water partition coefficient (Wildman–Crippen LogP) is 5.41. The van der Waals surface area contributed by atoms with Gasteiger partial charge >= 0.3 is 6.18 Å². The first-order valence-corrected chi connectivity index (χ1v) is 7.94. The molecule has 0 amide bonds. The summed E-state index contributed by atoms with van der Waals surface area (Å²) in [6.45, 7) is 1.92. The zero-order valence-electron chi connectivity index (χ0n) is 13.5. The minimum Gasteiger partial charge on any atom is -0.313 e. The highest BCUT2D eigenvalue weighted by Crippen LogP contribution is 2.30. The van der Waals surface area contributed by atoms with Crippen LogP contribution in [-0.4, -0.2) is 9.38 Å². The fourth-order valence-corrected chi connectivity index (χ4v) is 3.20. The molecular formula is C20H15F3N2. The van der Waals surface area contributed by atoms with Crippen LogP contribution in [-0.2, 0) is 12.6 Å². The van der Waals surface area contributed by atoms with Crippen molar-refractivity contribution in [3.05, 3.63) is 83.3 Å². The molecule has 0 aliphatic rings. The molecule has 126 valence electrons. The SMILES string of the molecule is Cc1nc(Cc2cccc(C(F)(F)F)c2)cn2c1cc1ccccc12. The van der Waals surface area contributed by atoms with Gasteiger partial charge in [0.05, 0.1) is 28.0 Å². The monoisotopic (exact) mass is 340 g/mol. The normalized spacial score (nSPS) is 12.2. The number of benzene rings is 2. The Morgan fingerprint density at radius 3 is 2.56 bits per heavy atom. The van der Waals surface area contributed by atoms with Gasteiger partial charge in [-0.1, -0.05) is 36.4 Å². The third-order valence-corrected chi connectivity index (χ3v) is 4.35. The highest BCUT2D eigenvalue weighted by Gasteiger charge is 2.30. The summed E-state index contributed by atoms with van der Waals surface area (Å²) in [7, 11) is 0. The van der Waals surface area contributed by atoms with E-state index in [0.29, 0.717) is 12.0 Å². The number of rotatable bonds is 2. The Morgan fingerprint density at radius 1 is 0.960 bits per heavy atom. The van der Waals surface area contributed by atoms with E-state index >= 15 is 0 Å². The number of halogens is 3. The quantitative estimate of drug-likeness (QED) is 0.477. The van der Waals surface area contributed by atoms with Gasteiger partial charge in [0.25, 0.3) is 0 Å². The van der Waals surface area contributed by atoms with Gasteiger partial charge in [0.1, 0.15) is 0 Å². The molecular weight excluding hydrogens is 325 g/mol. The van der Waals surface area contributed by atoms with Gasteiger partial charge < -0.3 is 4.40 Å². The second kappa shape index (κ2) is 5.62. The lowest BCUT2D eigenvalue weighted by molar-refractivity contribution is -0.137. The van der Waals surface area contributed by atoms with Crippen LogP contribution in [0, 0.1) is 6.92 Å². The smallest absolute Gasteiger partial charge is 0.313 e. The second-order valence-electron chi connectivity index (χ2n) is 6.15. The maximum atomic E-state index is 12.9. The van der Waals surface area contributed by atoms with Crippen molar-refractivity contribution in [3.8, 4) is 0 Å². The highest BCUT2D eigenvalue weighted by molar-refractivity contribution is 5.87. The molecule has 2 aromatic carbocycles. The number of para-hydroxylation sites is 1. The van der Waals surface area contributed by atoms with E-state index in [1.54, 1.807) is 6.07 Å². The van der Waals surface area contributed by atoms with Crippen molar-refractivity contribution in [1.29, 1.82) is 0 Å². The molecule has 0 unspecified atom stereocenters. The van der Waals surface area contributed by atoms with Crippen molar-refractivity contribution < 1.29 is 13.2 Å². The molecule has 0 spiro atoms. The molecule has 0 fully saturated rings. The van der Waals surface area contributed by atoms with Crippen molar-refractivity contribution in [2.45, 2.75) is 19.5 Å². The van der Waals surface area contributed by atoms with Crippen molar-refractivity contribution in [2.24, 2.45) is 0 Å². The first kappa shape index (κ1) is 15.7. The lowest BCUT2D eigenvalue weighted by Gasteiger charge is -2.10. The molecule has 5 heteroatoms. The maximum Gasteiger partial charge on any atom is 0.416 e. The van der Waals surface area contributed by atoms with Gasteiger partial charge in [-0.2, -0.15) is 13.2 Å². The summed E-state index contributed by atoms with van der Waals surface area (Å²) in [5.74, 6) is 0. The summed E-state index contributed by atoms with van der Waals surface area (Å²) in [5.41, 5.74) is 3.64. The summed E-state index contributed by atoms with van der Waals surface area (Å²) in [5, 5.41) is 1.11. The van der Waals surface area contributed by atoms with Crippen LogP contribution in [0.1, 0.15) is 22.5 Å². The average molecular weight is 340 g/mol. The first-order valence-electron chi connectivity index (χ1n) is 7.94. The summed E-state index contributed by atoms with van der Waals surface area (Å²) < 4.78 is 40.7. The zero-order valence-corrected chi connectivity index (χ0v) is 13.5. The fourth-order valence-electron chi connectivity index (χ4n) is 3.20. The molecule has 0 bridgehead atoms. The Bertz CT molecular complexity index is 1080. The molecule has 0 saturated carbocycles. The molecule has 0 aliphatic heterocycles. The number of hydrogen-bond donors (Lipinski definition) is 0. The van der Waals surface area contributed by atoms with Gasteiger partial charge in [0.2, 0.25) is 0 Å². The van der Waals surface area contributed by atoms with Gasteiger partial charge in [-0.3, -0.25) is 4.98 Å². The molecule has 0 N–H and O–H groups in total. The van der Waals surface area contributed by atoms with E-state index in [2.05, 4.69) is 15.5 Å². The van der Waals surface area contributed by atoms with E-state index in [4.69, 9.17) is 0 Å². The zero-order chi connectivity index (χ0) is 17.6. The molecule has 2 aromatic heterocycles. The van der Waals surface area contributed by atoms with E-state index in [9.17, 15) is 13.2 Å². The van der Waals surface area contributed by atoms with Crippen molar-refractivity contribution in [3.63, 3.8) is 0 Å². The summed E-state index contributed by atoms with van der Waals surface area (Å²) in [4.78, 5) is 4.58. The standard InChI is InChI=1S/C20H15F3N2/c1-13-19-11-15-6-2-3-8-18(15)25(19)12-17(24-13)10-14-5-4-7-16(9-14)20(21,22)23/h2-9,11-12H,10H2,1H3. The van der Waals surface area contributed by atoms with Crippen LogP contribution < -0.4 is 0 Å². The van der Waals surface area contributed by atoms with Crippen LogP contribution in [0.25, 0.3) is 16.4 Å². The van der Waals surface area contributed by atoms with Crippen LogP contribution >= 0.6 is 0 Å². The first-order chi connectivity index (χ1) is 11.9. The maximum absolute atomic E-state index is 12.9. The van der Waals surface area contributed by atoms with E-state index in [1.165, 1.54) is 12.1 Å². The number of alkyl halides is 3. The predicted molar refractivity (Wildman–Crippen MR) is 91.7 cm³/mol. The number of aromatic nitrogens is 2. The van der Waals surface area contributed by atoms with Crippen LogP contribution in [0.2, 0.25) is 0 Å². The van der Waals surface area contributed by atoms with Gasteiger partial charge in [0.15, 0.2) is 0 Å². The summed E-state index contributed by atoms with van der Waals surface area (Å²) >= 11 is 0. The molecule has 0 aliphatic carbocycles. The van der Waals surface area contributed by atoms with E-state index in [0.717, 1.165) is 33.9 Å². The van der Waals surface area contributed by atoms with Gasteiger partial charge in [-0.05, 0) is 30.7 Å². The number of aryl methyl sites for hydroxylation is 1. The van der Waals surface area contributed by atoms with Crippen LogP contribution in [0.4, 0.5) is 13.2 Å². The van der Waals surface area contributed by atoms with Crippen LogP contribution in [0.15, 0.2) is 60.8 Å². The average Bonchev–Trinajstić information content (AvgIpc) is 2.94. The molecule has 0 radical (unpaired) electrons. The number of fused-ring (bicyclic) bond motifs is 3. The van der Waals surface area contributed by atoms with Crippen molar-refractivity contribution in [1.82, 2.24) is 9.38 Å². The minimum absolute atomic E-state index is 0.354. The molecule has 25 heavy (non-hydrogen) atoms. The Kier molecular flexibility index (Phi) is 3.53. The third kappa shape index (κ3) is 2.86. The van der Waals surface area contributed by atoms with E-state index < -0.39 is 11.7 Å². The lowest BCUT2D eigenvalue weighted by atomic mass is 10.1. The number of nitrogens with zero attached hydrogens (tertiary/aromatic N) is 2. The van der Waals surface area contributed by atoms with Gasteiger partial charge in [-0.15, -0.1) is 0 Å². The Morgan fingerprint density at radius 2 is 1.76 bits per heavy atom. The Balaban J connectivity index is 1.79. The third-order valence-electron chi connectivity index (χ3n) is 4.35. The molecule has 0 atom stereocenters.